The summed E-state index contributed by atoms with van der Waals surface area (Å²) in [5, 5.41) is 11.8. The van der Waals surface area contributed by atoms with E-state index in [4.69, 9.17) is 5.11 Å². The Kier molecular flexibility index (Phi) is 5.88. The van der Waals surface area contributed by atoms with Gasteiger partial charge in [0.2, 0.25) is 0 Å². The Morgan fingerprint density at radius 3 is 2.57 bits per heavy atom. The molecular weight excluding hydrogens is 268 g/mol. The Hall–Kier alpha value is -1.26. The molecule has 0 radical (unpaired) electrons. The van der Waals surface area contributed by atoms with Gasteiger partial charge in [0.05, 0.1) is 0 Å². The number of carboxylic acids is 1. The number of urea groups is 1. The molecular formula is C16H28N2O3. The van der Waals surface area contributed by atoms with Gasteiger partial charge in [-0.3, -0.25) is 4.79 Å². The zero-order valence-corrected chi connectivity index (χ0v) is 13.0. The van der Waals surface area contributed by atoms with Gasteiger partial charge in [0.1, 0.15) is 0 Å². The van der Waals surface area contributed by atoms with Gasteiger partial charge in [-0.15, -0.1) is 0 Å². The second-order valence-electron chi connectivity index (χ2n) is 6.51. The van der Waals surface area contributed by atoms with Crippen LogP contribution in [0.2, 0.25) is 0 Å². The first-order valence-electron chi connectivity index (χ1n) is 8.38. The van der Waals surface area contributed by atoms with Crippen molar-refractivity contribution >= 4 is 12.0 Å². The summed E-state index contributed by atoms with van der Waals surface area (Å²) in [4.78, 5) is 25.2. The van der Waals surface area contributed by atoms with E-state index in [1.165, 1.54) is 25.7 Å². The summed E-state index contributed by atoms with van der Waals surface area (Å²) in [6.07, 6.45) is 8.24. The highest BCUT2D eigenvalue weighted by Gasteiger charge is 2.35. The van der Waals surface area contributed by atoms with Crippen LogP contribution >= 0.6 is 0 Å². The molecule has 1 aliphatic carbocycles. The van der Waals surface area contributed by atoms with Crippen molar-refractivity contribution in [3.8, 4) is 0 Å². The number of aliphatic carboxylic acids is 1. The number of nitrogens with one attached hydrogen (secondary N) is 1. The third-order valence-electron chi connectivity index (χ3n) is 5.09. The highest BCUT2D eigenvalue weighted by Crippen LogP contribution is 2.35. The number of nitrogens with zero attached hydrogens (tertiary/aromatic N) is 1. The molecule has 0 spiro atoms. The van der Waals surface area contributed by atoms with Crippen molar-refractivity contribution in [3.63, 3.8) is 0 Å². The molecule has 21 heavy (non-hydrogen) atoms. The quantitative estimate of drug-likeness (QED) is 0.792. The number of amides is 2. The molecule has 0 aromatic carbocycles. The minimum atomic E-state index is -0.791. The topological polar surface area (TPSA) is 69.6 Å². The van der Waals surface area contributed by atoms with Crippen molar-refractivity contribution in [3.05, 3.63) is 0 Å². The van der Waals surface area contributed by atoms with Gasteiger partial charge in [0.25, 0.3) is 0 Å². The molecule has 5 heteroatoms. The van der Waals surface area contributed by atoms with E-state index in [0.29, 0.717) is 18.5 Å². The molecule has 2 aliphatic rings. The number of hydrogen-bond donors (Lipinski definition) is 2. The monoisotopic (exact) mass is 296 g/mol. The lowest BCUT2D eigenvalue weighted by Gasteiger charge is -2.30. The van der Waals surface area contributed by atoms with E-state index in [9.17, 15) is 9.59 Å². The van der Waals surface area contributed by atoms with Gasteiger partial charge < -0.3 is 15.3 Å². The summed E-state index contributed by atoms with van der Waals surface area (Å²) < 4.78 is 0. The van der Waals surface area contributed by atoms with E-state index >= 15 is 0 Å². The van der Waals surface area contributed by atoms with Crippen LogP contribution in [0.25, 0.3) is 0 Å². The predicted molar refractivity (Wildman–Crippen MR) is 81.1 cm³/mol. The van der Waals surface area contributed by atoms with Crippen molar-refractivity contribution in [2.75, 3.05) is 13.1 Å². The van der Waals surface area contributed by atoms with Crippen molar-refractivity contribution < 1.29 is 14.7 Å². The van der Waals surface area contributed by atoms with Crippen LogP contribution in [0.5, 0.6) is 0 Å². The molecule has 2 amide bonds. The first-order chi connectivity index (χ1) is 10.1. The molecule has 1 saturated heterocycles. The minimum absolute atomic E-state index is 0.00763. The summed E-state index contributed by atoms with van der Waals surface area (Å²) in [5.74, 6) is -0.0840. The first kappa shape index (κ1) is 16.1. The van der Waals surface area contributed by atoms with Crippen molar-refractivity contribution in [2.24, 2.45) is 11.8 Å². The van der Waals surface area contributed by atoms with Crippen LogP contribution in [0.3, 0.4) is 0 Å². The van der Waals surface area contributed by atoms with Crippen LogP contribution in [-0.4, -0.2) is 41.1 Å². The number of hydrogen-bond acceptors (Lipinski definition) is 2. The van der Waals surface area contributed by atoms with Crippen LogP contribution < -0.4 is 5.32 Å². The Morgan fingerprint density at radius 2 is 1.95 bits per heavy atom. The maximum absolute atomic E-state index is 12.4. The summed E-state index contributed by atoms with van der Waals surface area (Å²) in [6.45, 7) is 3.29. The zero-order chi connectivity index (χ0) is 15.2. The van der Waals surface area contributed by atoms with Crippen LogP contribution in [0.1, 0.15) is 58.3 Å². The maximum atomic E-state index is 12.4. The molecule has 1 aliphatic heterocycles. The standard InChI is InChI=1S/C16H28N2O3/c1-2-12(10-15(19)20)11-17-16(21)18-9-5-8-14(18)13-6-3-4-7-13/h12-14H,2-11H2,1H3,(H,17,21)(H,19,20). The highest BCUT2D eigenvalue weighted by atomic mass is 16.4. The Balaban J connectivity index is 1.82. The molecule has 5 nitrogen and oxygen atoms in total. The molecule has 2 atom stereocenters. The molecule has 0 bridgehead atoms. The number of carbonyl (C=O) groups excluding carboxylic acids is 1. The second-order valence-corrected chi connectivity index (χ2v) is 6.51. The van der Waals surface area contributed by atoms with E-state index in [0.717, 1.165) is 25.8 Å². The number of carbonyl (C=O) groups is 2. The van der Waals surface area contributed by atoms with Gasteiger partial charge in [-0.1, -0.05) is 26.2 Å². The van der Waals surface area contributed by atoms with E-state index < -0.39 is 5.97 Å². The minimum Gasteiger partial charge on any atom is -0.481 e. The zero-order valence-electron chi connectivity index (χ0n) is 13.0. The lowest BCUT2D eigenvalue weighted by Crippen LogP contribution is -2.46. The van der Waals surface area contributed by atoms with E-state index in [2.05, 4.69) is 5.32 Å². The van der Waals surface area contributed by atoms with Gasteiger partial charge in [0.15, 0.2) is 0 Å². The third kappa shape index (κ3) is 4.35. The summed E-state index contributed by atoms with van der Waals surface area (Å²) in [7, 11) is 0. The van der Waals surface area contributed by atoms with Crippen LogP contribution in [0.4, 0.5) is 4.79 Å². The molecule has 2 N–H and O–H groups in total. The average molecular weight is 296 g/mol. The Morgan fingerprint density at radius 1 is 1.24 bits per heavy atom. The summed E-state index contributed by atoms with van der Waals surface area (Å²) in [6, 6.07) is 0.417. The highest BCUT2D eigenvalue weighted by molar-refractivity contribution is 5.75. The fourth-order valence-corrected chi connectivity index (χ4v) is 3.82. The van der Waals surface area contributed by atoms with Gasteiger partial charge in [0, 0.05) is 25.6 Å². The number of rotatable bonds is 6. The van der Waals surface area contributed by atoms with E-state index in [1.807, 2.05) is 11.8 Å². The predicted octanol–water partition coefficient (Wildman–Crippen LogP) is 2.85. The SMILES string of the molecule is CCC(CNC(=O)N1CCCC1C1CCCC1)CC(=O)O. The largest absolute Gasteiger partial charge is 0.481 e. The molecule has 2 unspecified atom stereocenters. The van der Waals surface area contributed by atoms with Crippen molar-refractivity contribution in [1.29, 1.82) is 0 Å². The summed E-state index contributed by atoms with van der Waals surface area (Å²) >= 11 is 0. The molecule has 1 saturated carbocycles. The van der Waals surface area contributed by atoms with Crippen molar-refractivity contribution in [2.45, 2.75) is 64.3 Å². The lowest BCUT2D eigenvalue weighted by molar-refractivity contribution is -0.138. The lowest BCUT2D eigenvalue weighted by atomic mass is 9.96. The fraction of sp³-hybridized carbons (Fsp3) is 0.875. The molecule has 1 heterocycles. The maximum Gasteiger partial charge on any atom is 0.317 e. The van der Waals surface area contributed by atoms with Crippen molar-refractivity contribution in [1.82, 2.24) is 10.2 Å². The first-order valence-corrected chi connectivity index (χ1v) is 8.38. The van der Waals surface area contributed by atoms with Gasteiger partial charge >= 0.3 is 12.0 Å². The molecule has 0 aromatic heterocycles. The van der Waals surface area contributed by atoms with Gasteiger partial charge in [-0.05, 0) is 37.5 Å². The number of likely N-dealkylation sites (tertiary alicyclic amines) is 1. The normalized spacial score (nSPS) is 24.2. The van der Waals surface area contributed by atoms with Crippen LogP contribution in [0.15, 0.2) is 0 Å². The van der Waals surface area contributed by atoms with Gasteiger partial charge in [-0.25, -0.2) is 4.79 Å². The summed E-state index contributed by atoms with van der Waals surface area (Å²) in [5.41, 5.74) is 0. The molecule has 2 fully saturated rings. The van der Waals surface area contributed by atoms with Crippen LogP contribution in [0, 0.1) is 11.8 Å². The average Bonchev–Trinajstić information content (AvgIpc) is 3.11. The van der Waals surface area contributed by atoms with E-state index in [-0.39, 0.29) is 18.4 Å². The molecule has 120 valence electrons. The molecule has 0 aromatic rings. The Labute approximate surface area is 127 Å². The van der Waals surface area contributed by atoms with Gasteiger partial charge in [-0.2, -0.15) is 0 Å². The Bertz CT molecular complexity index is 367. The molecule has 2 rings (SSSR count). The van der Waals surface area contributed by atoms with E-state index in [1.54, 1.807) is 0 Å². The fourth-order valence-electron chi connectivity index (χ4n) is 3.82. The van der Waals surface area contributed by atoms with Crippen LogP contribution in [-0.2, 0) is 4.79 Å². The number of carboxylic acid groups (broad SMARTS) is 1. The third-order valence-corrected chi connectivity index (χ3v) is 5.09. The second kappa shape index (κ2) is 7.66. The smallest absolute Gasteiger partial charge is 0.317 e.